The number of fused-ring (bicyclic) bond motifs is 7. The van der Waals surface area contributed by atoms with Crippen molar-refractivity contribution in [2.24, 2.45) is 0 Å². The van der Waals surface area contributed by atoms with Gasteiger partial charge in [-0.3, -0.25) is 4.98 Å². The highest BCUT2D eigenvalue weighted by atomic mass is 15.0. The quantitative estimate of drug-likeness (QED) is 0.206. The summed E-state index contributed by atoms with van der Waals surface area (Å²) in [7, 11) is 0. The van der Waals surface area contributed by atoms with Gasteiger partial charge in [0.15, 0.2) is 0 Å². The maximum atomic E-state index is 10.6. The van der Waals surface area contributed by atoms with Gasteiger partial charge in [0.05, 0.1) is 33.3 Å². The standard InChI is InChI=1S/C42H26N4/c43-25-30-23-29(32-24-31(26-44-27-32)28-11-3-1-4-12-28)19-21-37(30)46-38-17-9-7-15-34(38)35-20-22-40-41(42(35)46)36-16-8-10-18-39(36)45(40)33-13-5-2-6-14-33/h1-24,26-27H. The third-order valence-electron chi connectivity index (χ3n) is 9.02. The van der Waals surface area contributed by atoms with Gasteiger partial charge in [-0.1, -0.05) is 97.1 Å². The van der Waals surface area contributed by atoms with Crippen LogP contribution in [-0.2, 0) is 0 Å². The molecule has 3 aromatic heterocycles. The van der Waals surface area contributed by atoms with E-state index >= 15 is 0 Å². The Morgan fingerprint density at radius 1 is 0.478 bits per heavy atom. The molecule has 0 unspecified atom stereocenters. The molecule has 46 heavy (non-hydrogen) atoms. The SMILES string of the molecule is N#Cc1cc(-c2cncc(-c3ccccc3)c2)ccc1-n1c2ccccc2c2ccc3c(c4ccccc4n3-c3ccccc3)c21. The summed E-state index contributed by atoms with van der Waals surface area (Å²) < 4.78 is 4.63. The van der Waals surface area contributed by atoms with Crippen LogP contribution in [0.5, 0.6) is 0 Å². The second-order valence-electron chi connectivity index (χ2n) is 11.6. The van der Waals surface area contributed by atoms with Gasteiger partial charge < -0.3 is 9.13 Å². The van der Waals surface area contributed by atoms with Crippen LogP contribution in [0.25, 0.3) is 77.2 Å². The molecule has 0 amide bonds. The summed E-state index contributed by atoms with van der Waals surface area (Å²) >= 11 is 0. The summed E-state index contributed by atoms with van der Waals surface area (Å²) in [5.41, 5.74) is 11.1. The van der Waals surface area contributed by atoms with Crippen LogP contribution in [0.2, 0.25) is 0 Å². The van der Waals surface area contributed by atoms with Gasteiger partial charge in [-0.25, -0.2) is 0 Å². The van der Waals surface area contributed by atoms with Gasteiger partial charge in [0.25, 0.3) is 0 Å². The van der Waals surface area contributed by atoms with Gasteiger partial charge in [-0.15, -0.1) is 0 Å². The molecule has 4 nitrogen and oxygen atoms in total. The van der Waals surface area contributed by atoms with E-state index in [4.69, 9.17) is 0 Å². The van der Waals surface area contributed by atoms with Gasteiger partial charge in [-0.05, 0) is 59.7 Å². The van der Waals surface area contributed by atoms with Crippen LogP contribution in [0.15, 0.2) is 158 Å². The highest BCUT2D eigenvalue weighted by molar-refractivity contribution is 6.26. The second-order valence-corrected chi connectivity index (χ2v) is 11.6. The molecule has 0 spiro atoms. The Labute approximate surface area is 265 Å². The van der Waals surface area contributed by atoms with Crippen molar-refractivity contribution in [3.05, 3.63) is 164 Å². The molecule has 6 aromatic carbocycles. The maximum Gasteiger partial charge on any atom is 0.101 e. The Balaban J connectivity index is 1.33. The first-order valence-electron chi connectivity index (χ1n) is 15.4. The molecule has 0 N–H and O–H groups in total. The fourth-order valence-electron chi connectivity index (χ4n) is 7.00. The van der Waals surface area contributed by atoms with Crippen LogP contribution in [0.3, 0.4) is 0 Å². The maximum absolute atomic E-state index is 10.6. The number of hydrogen-bond acceptors (Lipinski definition) is 2. The normalized spacial score (nSPS) is 11.5. The van der Waals surface area contributed by atoms with Gasteiger partial charge >= 0.3 is 0 Å². The average Bonchev–Trinajstić information content (AvgIpc) is 3.65. The van der Waals surface area contributed by atoms with Gasteiger partial charge in [0, 0.05) is 50.8 Å². The molecule has 0 atom stereocenters. The predicted octanol–water partition coefficient (Wildman–Crippen LogP) is 10.5. The molecule has 0 saturated carbocycles. The van der Waals surface area contributed by atoms with Crippen LogP contribution in [0.1, 0.15) is 5.56 Å². The van der Waals surface area contributed by atoms with E-state index < -0.39 is 0 Å². The van der Waals surface area contributed by atoms with E-state index in [1.54, 1.807) is 0 Å². The zero-order valence-corrected chi connectivity index (χ0v) is 24.8. The summed E-state index contributed by atoms with van der Waals surface area (Å²) in [5, 5.41) is 15.3. The fraction of sp³-hybridized carbons (Fsp3) is 0. The van der Waals surface area contributed by atoms with Crippen LogP contribution < -0.4 is 0 Å². The van der Waals surface area contributed by atoms with Gasteiger partial charge in [0.1, 0.15) is 6.07 Å². The lowest BCUT2D eigenvalue weighted by molar-refractivity contribution is 1.17. The van der Waals surface area contributed by atoms with Gasteiger partial charge in [-0.2, -0.15) is 5.26 Å². The Bertz CT molecular complexity index is 2640. The van der Waals surface area contributed by atoms with E-state index in [1.807, 2.05) is 36.7 Å². The third-order valence-corrected chi connectivity index (χ3v) is 9.02. The Hall–Kier alpha value is -6.44. The Morgan fingerprint density at radius 2 is 1.13 bits per heavy atom. The molecule has 9 aromatic rings. The molecular formula is C42H26N4. The van der Waals surface area contributed by atoms with Crippen molar-refractivity contribution < 1.29 is 0 Å². The molecule has 0 aliphatic rings. The molecule has 4 heteroatoms. The first-order valence-corrected chi connectivity index (χ1v) is 15.4. The number of pyridine rings is 1. The lowest BCUT2D eigenvalue weighted by atomic mass is 10.00. The minimum atomic E-state index is 0.606. The molecule has 0 aliphatic carbocycles. The van der Waals surface area contributed by atoms with Crippen molar-refractivity contribution in [2.45, 2.75) is 0 Å². The Morgan fingerprint density at radius 3 is 1.89 bits per heavy atom. The first-order chi connectivity index (χ1) is 22.8. The van der Waals surface area contributed by atoms with E-state index in [9.17, 15) is 5.26 Å². The van der Waals surface area contributed by atoms with E-state index in [-0.39, 0.29) is 0 Å². The molecule has 3 heterocycles. The number of rotatable bonds is 4. The number of nitriles is 1. The van der Waals surface area contributed by atoms with Crippen molar-refractivity contribution in [3.63, 3.8) is 0 Å². The molecular weight excluding hydrogens is 560 g/mol. The third kappa shape index (κ3) is 3.89. The zero-order chi connectivity index (χ0) is 30.6. The topological polar surface area (TPSA) is 46.5 Å². The number of benzene rings is 6. The van der Waals surface area contributed by atoms with Crippen LogP contribution in [0.4, 0.5) is 0 Å². The summed E-state index contributed by atoms with van der Waals surface area (Å²) in [6.07, 6.45) is 3.75. The molecule has 214 valence electrons. The van der Waals surface area contributed by atoms with Gasteiger partial charge in [0.2, 0.25) is 0 Å². The highest BCUT2D eigenvalue weighted by Gasteiger charge is 2.22. The lowest BCUT2D eigenvalue weighted by Crippen LogP contribution is -1.99. The largest absolute Gasteiger partial charge is 0.309 e. The van der Waals surface area contributed by atoms with Crippen molar-refractivity contribution in [2.75, 3.05) is 0 Å². The monoisotopic (exact) mass is 586 g/mol. The van der Waals surface area contributed by atoms with E-state index in [1.165, 1.54) is 10.8 Å². The number of para-hydroxylation sites is 3. The molecule has 0 aliphatic heterocycles. The number of nitrogens with zero attached hydrogens (tertiary/aromatic N) is 4. The van der Waals surface area contributed by atoms with E-state index in [2.05, 4.69) is 142 Å². The number of aromatic nitrogens is 3. The van der Waals surface area contributed by atoms with Crippen molar-refractivity contribution in [3.8, 4) is 39.7 Å². The summed E-state index contributed by atoms with van der Waals surface area (Å²) in [6.45, 7) is 0. The smallest absolute Gasteiger partial charge is 0.101 e. The van der Waals surface area contributed by atoms with E-state index in [0.29, 0.717) is 5.56 Å². The molecule has 0 bridgehead atoms. The molecule has 0 saturated heterocycles. The molecule has 9 rings (SSSR count). The summed E-state index contributed by atoms with van der Waals surface area (Å²) in [6, 6.07) is 53.2. The summed E-state index contributed by atoms with van der Waals surface area (Å²) in [4.78, 5) is 4.55. The molecule has 0 radical (unpaired) electrons. The van der Waals surface area contributed by atoms with Crippen molar-refractivity contribution >= 4 is 43.6 Å². The fourth-order valence-corrected chi connectivity index (χ4v) is 7.00. The summed E-state index contributed by atoms with van der Waals surface area (Å²) in [5.74, 6) is 0. The van der Waals surface area contributed by atoms with Crippen LogP contribution in [-0.4, -0.2) is 14.1 Å². The first kappa shape index (κ1) is 26.0. The van der Waals surface area contributed by atoms with Crippen molar-refractivity contribution in [1.82, 2.24) is 14.1 Å². The van der Waals surface area contributed by atoms with Crippen LogP contribution in [0, 0.1) is 11.3 Å². The minimum absolute atomic E-state index is 0.606. The zero-order valence-electron chi connectivity index (χ0n) is 24.8. The number of hydrogen-bond donors (Lipinski definition) is 0. The second kappa shape index (κ2) is 10.3. The molecule has 0 fully saturated rings. The average molecular weight is 587 g/mol. The highest BCUT2D eigenvalue weighted by Crippen LogP contribution is 2.42. The predicted molar refractivity (Wildman–Crippen MR) is 189 cm³/mol. The van der Waals surface area contributed by atoms with E-state index in [0.717, 1.165) is 66.5 Å². The minimum Gasteiger partial charge on any atom is -0.309 e. The lowest BCUT2D eigenvalue weighted by Gasteiger charge is -2.13. The van der Waals surface area contributed by atoms with Crippen molar-refractivity contribution in [1.29, 1.82) is 5.26 Å². The van der Waals surface area contributed by atoms with Crippen LogP contribution >= 0.6 is 0 Å². The Kier molecular flexibility index (Phi) is 5.84.